The lowest BCUT2D eigenvalue weighted by molar-refractivity contribution is -0.120. The van der Waals surface area contributed by atoms with Gasteiger partial charge in [-0.3, -0.25) is 4.79 Å². The molecule has 1 aliphatic carbocycles. The van der Waals surface area contributed by atoms with E-state index in [0.717, 1.165) is 41.9 Å². The summed E-state index contributed by atoms with van der Waals surface area (Å²) in [5.41, 5.74) is 8.90. The Bertz CT molecular complexity index is 870. The number of carbonyl (C=O) groups excluding carboxylic acids is 1. The average molecular weight is 366 g/mol. The highest BCUT2D eigenvalue weighted by molar-refractivity contribution is 7.18. The molecule has 4 rings (SSSR count). The summed E-state index contributed by atoms with van der Waals surface area (Å²) in [6.45, 7) is 0.596. The number of hydrogen-bond donors (Lipinski definition) is 2. The van der Waals surface area contributed by atoms with Gasteiger partial charge in [0.1, 0.15) is 0 Å². The van der Waals surface area contributed by atoms with Crippen LogP contribution in [0.5, 0.6) is 0 Å². The third kappa shape index (κ3) is 3.64. The van der Waals surface area contributed by atoms with E-state index in [1.54, 1.807) is 11.3 Å². The van der Waals surface area contributed by atoms with E-state index >= 15 is 0 Å². The number of anilines is 1. The number of nitrogens with one attached hydrogen (secondary N) is 1. The Morgan fingerprint density at radius 1 is 1.15 bits per heavy atom. The number of benzene rings is 2. The van der Waals surface area contributed by atoms with Gasteiger partial charge in [-0.15, -0.1) is 11.3 Å². The smallest absolute Gasteiger partial charge is 0.227 e. The van der Waals surface area contributed by atoms with Crippen molar-refractivity contribution in [3.05, 3.63) is 59.1 Å². The summed E-state index contributed by atoms with van der Waals surface area (Å²) >= 11 is 1.73. The van der Waals surface area contributed by atoms with Crippen LogP contribution in [0.3, 0.4) is 0 Å². The van der Waals surface area contributed by atoms with E-state index < -0.39 is 0 Å². The zero-order chi connectivity index (χ0) is 17.9. The van der Waals surface area contributed by atoms with Crippen LogP contribution in [0.25, 0.3) is 10.2 Å². The number of nitrogens with zero attached hydrogens (tertiary/aromatic N) is 1. The first kappa shape index (κ1) is 17.2. The molecule has 1 aromatic heterocycles. The van der Waals surface area contributed by atoms with E-state index in [0.29, 0.717) is 12.5 Å². The van der Waals surface area contributed by atoms with E-state index in [9.17, 15) is 4.79 Å². The molecular formula is C21H23N3OS. The fourth-order valence-electron chi connectivity index (χ4n) is 3.78. The number of rotatable bonds is 5. The molecule has 1 fully saturated rings. The normalized spacial score (nSPS) is 19.7. The van der Waals surface area contributed by atoms with Crippen molar-refractivity contribution < 1.29 is 4.79 Å². The number of aromatic nitrogens is 1. The van der Waals surface area contributed by atoms with Gasteiger partial charge in [0.05, 0.1) is 15.2 Å². The molecule has 0 unspecified atom stereocenters. The van der Waals surface area contributed by atoms with E-state index in [2.05, 4.69) is 28.5 Å². The predicted molar refractivity (Wildman–Crippen MR) is 107 cm³/mol. The summed E-state index contributed by atoms with van der Waals surface area (Å²) in [5, 5.41) is 4.16. The third-order valence-corrected chi connectivity index (χ3v) is 6.25. The van der Waals surface area contributed by atoms with Gasteiger partial charge in [-0.1, -0.05) is 30.7 Å². The molecule has 0 aliphatic heterocycles. The molecule has 2 aromatic carbocycles. The quantitative estimate of drug-likeness (QED) is 0.712. The molecule has 3 aromatic rings. The van der Waals surface area contributed by atoms with Crippen molar-refractivity contribution in [1.82, 2.24) is 4.98 Å². The number of carbonyl (C=O) groups is 1. The minimum atomic E-state index is 0.0578. The Hall–Kier alpha value is -2.24. The molecule has 0 spiro atoms. The number of fused-ring (bicyclic) bond motifs is 1. The second kappa shape index (κ2) is 7.56. The Morgan fingerprint density at radius 3 is 2.73 bits per heavy atom. The zero-order valence-electron chi connectivity index (χ0n) is 14.7. The van der Waals surface area contributed by atoms with Crippen molar-refractivity contribution in [3.8, 4) is 0 Å². The van der Waals surface area contributed by atoms with Crippen LogP contribution in [0.4, 0.5) is 5.69 Å². The zero-order valence-corrected chi connectivity index (χ0v) is 15.5. The first-order valence-electron chi connectivity index (χ1n) is 9.17. The van der Waals surface area contributed by atoms with Gasteiger partial charge in [-0.2, -0.15) is 0 Å². The van der Waals surface area contributed by atoms with E-state index in [4.69, 9.17) is 5.73 Å². The van der Waals surface area contributed by atoms with Crippen LogP contribution in [0, 0.1) is 11.8 Å². The lowest BCUT2D eigenvalue weighted by atomic mass is 9.95. The molecule has 1 amide bonds. The van der Waals surface area contributed by atoms with Gasteiger partial charge in [0, 0.05) is 18.0 Å². The Kier molecular flexibility index (Phi) is 5.00. The van der Waals surface area contributed by atoms with Crippen LogP contribution in [-0.4, -0.2) is 17.4 Å². The molecule has 0 saturated heterocycles. The summed E-state index contributed by atoms with van der Waals surface area (Å²) < 4.78 is 1.22. The van der Waals surface area contributed by atoms with E-state index in [-0.39, 0.29) is 11.8 Å². The molecule has 4 nitrogen and oxygen atoms in total. The molecule has 1 heterocycles. The standard InChI is InChI=1S/C21H23N3OS/c22-13-15-4-3-5-17(15)21(25)23-16-10-8-14(9-11-16)12-20-24-18-6-1-2-7-19(18)26-20/h1-2,6-11,15,17H,3-5,12-13,22H2,(H,23,25)/t15-,17-/m1/s1. The minimum absolute atomic E-state index is 0.0578. The Morgan fingerprint density at radius 2 is 1.96 bits per heavy atom. The summed E-state index contributed by atoms with van der Waals surface area (Å²) in [6.07, 6.45) is 3.92. The molecule has 2 atom stereocenters. The van der Waals surface area contributed by atoms with Gasteiger partial charge in [0.15, 0.2) is 0 Å². The summed E-state index contributed by atoms with van der Waals surface area (Å²) in [7, 11) is 0. The average Bonchev–Trinajstić information content (AvgIpc) is 3.29. The molecule has 1 saturated carbocycles. The SMILES string of the molecule is NC[C@H]1CCC[C@H]1C(=O)Nc1ccc(Cc2nc3ccccc3s2)cc1. The maximum absolute atomic E-state index is 12.5. The molecule has 0 radical (unpaired) electrons. The van der Waals surface area contributed by atoms with Crippen LogP contribution in [0.1, 0.15) is 29.8 Å². The van der Waals surface area contributed by atoms with Gasteiger partial charge in [-0.25, -0.2) is 4.98 Å². The molecule has 1 aliphatic rings. The first-order valence-corrected chi connectivity index (χ1v) is 9.99. The lowest BCUT2D eigenvalue weighted by Gasteiger charge is -2.17. The third-order valence-electron chi connectivity index (χ3n) is 5.21. The van der Waals surface area contributed by atoms with Crippen LogP contribution in [0.2, 0.25) is 0 Å². The van der Waals surface area contributed by atoms with Crippen LogP contribution in [0.15, 0.2) is 48.5 Å². The summed E-state index contributed by atoms with van der Waals surface area (Å²) in [4.78, 5) is 17.2. The number of hydrogen-bond acceptors (Lipinski definition) is 4. The van der Waals surface area contributed by atoms with Crippen molar-refractivity contribution in [1.29, 1.82) is 0 Å². The predicted octanol–water partition coefficient (Wildman–Crippen LogP) is 4.20. The molecule has 134 valence electrons. The summed E-state index contributed by atoms with van der Waals surface area (Å²) in [6, 6.07) is 16.3. The highest BCUT2D eigenvalue weighted by Gasteiger charge is 2.31. The van der Waals surface area contributed by atoms with Crippen LogP contribution in [-0.2, 0) is 11.2 Å². The number of nitrogens with two attached hydrogens (primary N) is 1. The maximum atomic E-state index is 12.5. The van der Waals surface area contributed by atoms with Gasteiger partial charge in [0.25, 0.3) is 0 Å². The fraction of sp³-hybridized carbons (Fsp3) is 0.333. The van der Waals surface area contributed by atoms with Crippen molar-refractivity contribution in [2.75, 3.05) is 11.9 Å². The maximum Gasteiger partial charge on any atom is 0.227 e. The minimum Gasteiger partial charge on any atom is -0.330 e. The van der Waals surface area contributed by atoms with E-state index in [1.165, 1.54) is 10.3 Å². The van der Waals surface area contributed by atoms with Crippen LogP contribution >= 0.6 is 11.3 Å². The second-order valence-electron chi connectivity index (χ2n) is 6.97. The first-order chi connectivity index (χ1) is 12.7. The number of amides is 1. The van der Waals surface area contributed by atoms with Gasteiger partial charge in [0.2, 0.25) is 5.91 Å². The Labute approximate surface area is 157 Å². The Balaban J connectivity index is 1.41. The molecule has 3 N–H and O–H groups in total. The molecular weight excluding hydrogens is 342 g/mol. The number of thiazole rings is 1. The highest BCUT2D eigenvalue weighted by Crippen LogP contribution is 2.32. The summed E-state index contributed by atoms with van der Waals surface area (Å²) in [5.74, 6) is 0.493. The topological polar surface area (TPSA) is 68.0 Å². The highest BCUT2D eigenvalue weighted by atomic mass is 32.1. The van der Waals surface area contributed by atoms with Crippen molar-refractivity contribution in [3.63, 3.8) is 0 Å². The van der Waals surface area contributed by atoms with E-state index in [1.807, 2.05) is 30.3 Å². The van der Waals surface area contributed by atoms with Crippen molar-refractivity contribution >= 4 is 33.1 Å². The van der Waals surface area contributed by atoms with Gasteiger partial charge >= 0.3 is 0 Å². The second-order valence-corrected chi connectivity index (χ2v) is 8.09. The van der Waals surface area contributed by atoms with Crippen molar-refractivity contribution in [2.24, 2.45) is 17.6 Å². The van der Waals surface area contributed by atoms with Gasteiger partial charge in [-0.05, 0) is 55.1 Å². The fourth-order valence-corrected chi connectivity index (χ4v) is 4.78. The molecule has 5 heteroatoms. The van der Waals surface area contributed by atoms with Crippen molar-refractivity contribution in [2.45, 2.75) is 25.7 Å². The van der Waals surface area contributed by atoms with Gasteiger partial charge < -0.3 is 11.1 Å². The number of para-hydroxylation sites is 1. The largest absolute Gasteiger partial charge is 0.330 e. The lowest BCUT2D eigenvalue weighted by Crippen LogP contribution is -2.29. The van der Waals surface area contributed by atoms with Crippen LogP contribution < -0.4 is 11.1 Å². The molecule has 26 heavy (non-hydrogen) atoms. The monoisotopic (exact) mass is 365 g/mol. The molecule has 0 bridgehead atoms.